The van der Waals surface area contributed by atoms with Crippen molar-refractivity contribution in [1.29, 1.82) is 0 Å². The zero-order valence-electron chi connectivity index (χ0n) is 8.92. The summed E-state index contributed by atoms with van der Waals surface area (Å²) in [4.78, 5) is 2.87. The molecule has 0 aromatic carbocycles. The highest BCUT2D eigenvalue weighted by molar-refractivity contribution is 5.15. The van der Waals surface area contributed by atoms with Crippen LogP contribution >= 0.6 is 0 Å². The van der Waals surface area contributed by atoms with Crippen LogP contribution in [0.1, 0.15) is 46.0 Å². The molecule has 0 N–H and O–H groups in total. The minimum Gasteiger partial charge on any atom is -0.294 e. The lowest BCUT2D eigenvalue weighted by molar-refractivity contribution is 0.132. The van der Waals surface area contributed by atoms with E-state index in [1.807, 2.05) is 0 Å². The Kier molecular flexibility index (Phi) is 1.59. The third kappa shape index (κ3) is 1.09. The van der Waals surface area contributed by atoms with Gasteiger partial charge in [0.2, 0.25) is 0 Å². The molecule has 0 aromatic rings. The molecule has 3 atom stereocenters. The van der Waals surface area contributed by atoms with Crippen molar-refractivity contribution in [2.75, 3.05) is 6.54 Å². The highest BCUT2D eigenvalue weighted by Crippen LogP contribution is 2.58. The van der Waals surface area contributed by atoms with Crippen molar-refractivity contribution in [3.63, 3.8) is 0 Å². The van der Waals surface area contributed by atoms with Gasteiger partial charge in [-0.2, -0.15) is 0 Å². The Morgan fingerprint density at radius 1 is 1.46 bits per heavy atom. The van der Waals surface area contributed by atoms with E-state index >= 15 is 0 Å². The second kappa shape index (κ2) is 2.50. The molecular formula is C12H21N. The molecular weight excluding hydrogens is 158 g/mol. The van der Waals surface area contributed by atoms with Crippen LogP contribution in [0.3, 0.4) is 0 Å². The van der Waals surface area contributed by atoms with Crippen LogP contribution in [-0.4, -0.2) is 23.0 Å². The van der Waals surface area contributed by atoms with Crippen LogP contribution in [0.15, 0.2) is 0 Å². The van der Waals surface area contributed by atoms with E-state index in [2.05, 4.69) is 18.7 Å². The minimum atomic E-state index is 0.682. The summed E-state index contributed by atoms with van der Waals surface area (Å²) in [6, 6.07) is 1.03. The molecule has 1 heteroatoms. The molecule has 1 nitrogen and oxygen atoms in total. The average Bonchev–Trinajstić information content (AvgIpc) is 2.53. The quantitative estimate of drug-likeness (QED) is 0.630. The van der Waals surface area contributed by atoms with Gasteiger partial charge in [0.15, 0.2) is 0 Å². The first-order valence-electron chi connectivity index (χ1n) is 5.98. The molecule has 3 fully saturated rings. The maximum Gasteiger partial charge on any atom is 0.0218 e. The summed E-state index contributed by atoms with van der Waals surface area (Å²) in [5, 5.41) is 0. The van der Waals surface area contributed by atoms with E-state index in [1.165, 1.54) is 38.6 Å². The third-order valence-electron chi connectivity index (χ3n) is 4.37. The van der Waals surface area contributed by atoms with Crippen molar-refractivity contribution < 1.29 is 0 Å². The molecule has 3 rings (SSSR count). The van der Waals surface area contributed by atoms with Crippen LogP contribution in [0.4, 0.5) is 0 Å². The highest BCUT2D eigenvalue weighted by Gasteiger charge is 2.60. The molecule has 2 aliphatic heterocycles. The summed E-state index contributed by atoms with van der Waals surface area (Å²) in [5.41, 5.74) is 0.682. The standard InChI is InChI=1S/C12H21N/c1-9(2)7-12-4-3-5-13(12)11-6-10(11)8-12/h9-11H,3-8H2,1-2H3. The topological polar surface area (TPSA) is 3.24 Å². The number of hydrogen-bond donors (Lipinski definition) is 0. The summed E-state index contributed by atoms with van der Waals surface area (Å²) < 4.78 is 0. The molecule has 0 radical (unpaired) electrons. The Balaban J connectivity index is 1.80. The first-order chi connectivity index (χ1) is 6.21. The second-order valence-electron chi connectivity index (χ2n) is 5.89. The molecule has 3 aliphatic rings. The van der Waals surface area contributed by atoms with Crippen LogP contribution in [0.2, 0.25) is 0 Å². The Morgan fingerprint density at radius 2 is 2.31 bits per heavy atom. The Hall–Kier alpha value is -0.0400. The first kappa shape index (κ1) is 8.28. The molecule has 1 aliphatic carbocycles. The van der Waals surface area contributed by atoms with Gasteiger partial charge in [0.05, 0.1) is 0 Å². The fourth-order valence-electron chi connectivity index (χ4n) is 4.08. The fourth-order valence-corrected chi connectivity index (χ4v) is 4.08. The molecule has 3 unspecified atom stereocenters. The lowest BCUT2D eigenvalue weighted by Gasteiger charge is -2.36. The summed E-state index contributed by atoms with van der Waals surface area (Å²) >= 11 is 0. The van der Waals surface area contributed by atoms with Gasteiger partial charge in [-0.25, -0.2) is 0 Å². The summed E-state index contributed by atoms with van der Waals surface area (Å²) in [6.07, 6.45) is 7.49. The zero-order valence-corrected chi connectivity index (χ0v) is 8.92. The molecule has 0 spiro atoms. The second-order valence-corrected chi connectivity index (χ2v) is 5.89. The average molecular weight is 179 g/mol. The monoisotopic (exact) mass is 179 g/mol. The lowest BCUT2D eigenvalue weighted by atomic mass is 9.84. The van der Waals surface area contributed by atoms with Crippen LogP contribution < -0.4 is 0 Å². The van der Waals surface area contributed by atoms with E-state index in [0.717, 1.165) is 17.9 Å². The van der Waals surface area contributed by atoms with Crippen molar-refractivity contribution in [2.24, 2.45) is 11.8 Å². The van der Waals surface area contributed by atoms with E-state index in [4.69, 9.17) is 0 Å². The summed E-state index contributed by atoms with van der Waals surface area (Å²) in [5.74, 6) is 2.00. The Morgan fingerprint density at radius 3 is 3.08 bits per heavy atom. The predicted octanol–water partition coefficient (Wildman–Crippen LogP) is 2.66. The van der Waals surface area contributed by atoms with Gasteiger partial charge in [0.25, 0.3) is 0 Å². The molecule has 2 heterocycles. The largest absolute Gasteiger partial charge is 0.294 e. The normalized spacial score (nSPS) is 48.2. The number of piperidine rings is 1. The van der Waals surface area contributed by atoms with E-state index in [-0.39, 0.29) is 0 Å². The smallest absolute Gasteiger partial charge is 0.0218 e. The van der Waals surface area contributed by atoms with Crippen molar-refractivity contribution >= 4 is 0 Å². The lowest BCUT2D eigenvalue weighted by Crippen LogP contribution is -2.42. The van der Waals surface area contributed by atoms with Gasteiger partial charge >= 0.3 is 0 Å². The number of fused-ring (bicyclic) bond motifs is 3. The van der Waals surface area contributed by atoms with Crippen molar-refractivity contribution in [2.45, 2.75) is 57.5 Å². The SMILES string of the molecule is CC(C)CC12CCCN1C1CC1C2. The van der Waals surface area contributed by atoms with Gasteiger partial charge in [-0.15, -0.1) is 0 Å². The summed E-state index contributed by atoms with van der Waals surface area (Å²) in [7, 11) is 0. The number of rotatable bonds is 2. The van der Waals surface area contributed by atoms with Crippen molar-refractivity contribution in [3.05, 3.63) is 0 Å². The zero-order chi connectivity index (χ0) is 9.05. The molecule has 2 saturated heterocycles. The van der Waals surface area contributed by atoms with E-state index in [1.54, 1.807) is 0 Å². The highest BCUT2D eigenvalue weighted by atomic mass is 15.3. The van der Waals surface area contributed by atoms with Crippen LogP contribution in [0.5, 0.6) is 0 Å². The number of nitrogens with zero attached hydrogens (tertiary/aromatic N) is 1. The maximum absolute atomic E-state index is 2.87. The first-order valence-corrected chi connectivity index (χ1v) is 5.98. The van der Waals surface area contributed by atoms with Crippen molar-refractivity contribution in [3.8, 4) is 0 Å². The van der Waals surface area contributed by atoms with Gasteiger partial charge in [-0.05, 0) is 50.5 Å². The molecule has 1 saturated carbocycles. The fraction of sp³-hybridized carbons (Fsp3) is 1.00. The maximum atomic E-state index is 2.87. The molecule has 0 amide bonds. The van der Waals surface area contributed by atoms with Gasteiger partial charge in [-0.1, -0.05) is 13.8 Å². The van der Waals surface area contributed by atoms with Gasteiger partial charge in [0, 0.05) is 11.6 Å². The third-order valence-corrected chi connectivity index (χ3v) is 4.37. The van der Waals surface area contributed by atoms with Crippen LogP contribution in [-0.2, 0) is 0 Å². The van der Waals surface area contributed by atoms with Gasteiger partial charge in [-0.3, -0.25) is 4.90 Å². The predicted molar refractivity (Wildman–Crippen MR) is 54.6 cm³/mol. The van der Waals surface area contributed by atoms with Gasteiger partial charge in [0.1, 0.15) is 0 Å². The molecule has 0 bridgehead atoms. The number of hydrogen-bond acceptors (Lipinski definition) is 1. The van der Waals surface area contributed by atoms with Crippen LogP contribution in [0.25, 0.3) is 0 Å². The minimum absolute atomic E-state index is 0.682. The van der Waals surface area contributed by atoms with E-state index in [9.17, 15) is 0 Å². The van der Waals surface area contributed by atoms with Crippen LogP contribution in [0, 0.1) is 11.8 Å². The Bertz CT molecular complexity index is 223. The van der Waals surface area contributed by atoms with Gasteiger partial charge < -0.3 is 0 Å². The Labute approximate surface area is 81.5 Å². The molecule has 13 heavy (non-hydrogen) atoms. The van der Waals surface area contributed by atoms with E-state index in [0.29, 0.717) is 5.54 Å². The molecule has 0 aromatic heterocycles. The summed E-state index contributed by atoms with van der Waals surface area (Å²) in [6.45, 7) is 6.18. The molecule has 74 valence electrons. The van der Waals surface area contributed by atoms with E-state index < -0.39 is 0 Å². The van der Waals surface area contributed by atoms with Crippen molar-refractivity contribution in [1.82, 2.24) is 4.90 Å².